The van der Waals surface area contributed by atoms with Crippen LogP contribution in [0.5, 0.6) is 0 Å². The molecule has 1 atom stereocenters. The molecular formula is C20H23N3O2. The molecule has 2 heterocycles. The van der Waals surface area contributed by atoms with Crippen molar-refractivity contribution in [3.05, 3.63) is 58.9 Å². The Bertz CT molecular complexity index is 816. The average Bonchev–Trinajstić information content (AvgIpc) is 2.97. The molecule has 3 rings (SSSR count). The summed E-state index contributed by atoms with van der Waals surface area (Å²) >= 11 is 0. The SMILES string of the molecule is Cc1cccc(CNC(=O)C2CCN(c3ccc(C)c(C)c3)C2=O)n1. The molecule has 0 spiro atoms. The number of carbonyl (C=O) groups is 2. The van der Waals surface area contributed by atoms with E-state index in [0.717, 1.165) is 22.6 Å². The van der Waals surface area contributed by atoms with Crippen molar-refractivity contribution in [1.29, 1.82) is 0 Å². The van der Waals surface area contributed by atoms with Crippen LogP contribution in [0.2, 0.25) is 0 Å². The van der Waals surface area contributed by atoms with E-state index in [2.05, 4.69) is 10.3 Å². The van der Waals surface area contributed by atoms with Crippen molar-refractivity contribution in [2.75, 3.05) is 11.4 Å². The van der Waals surface area contributed by atoms with Gasteiger partial charge in [-0.1, -0.05) is 12.1 Å². The van der Waals surface area contributed by atoms with Crippen LogP contribution in [-0.2, 0) is 16.1 Å². The number of carbonyl (C=O) groups excluding carboxylic acids is 2. The summed E-state index contributed by atoms with van der Waals surface area (Å²) in [5.41, 5.74) is 4.90. The topological polar surface area (TPSA) is 62.3 Å². The van der Waals surface area contributed by atoms with E-state index in [1.165, 1.54) is 5.56 Å². The maximum absolute atomic E-state index is 12.7. The van der Waals surface area contributed by atoms with Gasteiger partial charge < -0.3 is 10.2 Å². The Morgan fingerprint density at radius 2 is 2.00 bits per heavy atom. The molecule has 1 N–H and O–H groups in total. The first-order valence-electron chi connectivity index (χ1n) is 8.54. The van der Waals surface area contributed by atoms with E-state index < -0.39 is 5.92 Å². The minimum atomic E-state index is -0.619. The monoisotopic (exact) mass is 337 g/mol. The molecule has 0 aliphatic carbocycles. The number of nitrogens with zero attached hydrogens (tertiary/aromatic N) is 2. The van der Waals surface area contributed by atoms with Crippen LogP contribution in [0.3, 0.4) is 0 Å². The van der Waals surface area contributed by atoms with Gasteiger partial charge in [0, 0.05) is 17.9 Å². The number of pyridine rings is 1. The molecule has 1 aromatic heterocycles. The van der Waals surface area contributed by atoms with Gasteiger partial charge in [-0.15, -0.1) is 0 Å². The van der Waals surface area contributed by atoms with Crippen LogP contribution in [0.15, 0.2) is 36.4 Å². The first-order valence-corrected chi connectivity index (χ1v) is 8.54. The van der Waals surface area contributed by atoms with E-state index in [1.54, 1.807) is 4.90 Å². The van der Waals surface area contributed by atoms with Crippen LogP contribution in [-0.4, -0.2) is 23.3 Å². The molecule has 2 amide bonds. The molecule has 1 aliphatic rings. The van der Waals surface area contributed by atoms with E-state index in [-0.39, 0.29) is 11.8 Å². The number of rotatable bonds is 4. The van der Waals surface area contributed by atoms with Gasteiger partial charge in [0.2, 0.25) is 11.8 Å². The van der Waals surface area contributed by atoms with Gasteiger partial charge in [0.15, 0.2) is 0 Å². The molecule has 1 unspecified atom stereocenters. The molecule has 25 heavy (non-hydrogen) atoms. The number of benzene rings is 1. The number of nitrogens with one attached hydrogen (secondary N) is 1. The molecule has 1 fully saturated rings. The van der Waals surface area contributed by atoms with Gasteiger partial charge in [-0.2, -0.15) is 0 Å². The summed E-state index contributed by atoms with van der Waals surface area (Å²) in [5.74, 6) is -0.969. The van der Waals surface area contributed by atoms with E-state index >= 15 is 0 Å². The van der Waals surface area contributed by atoms with Crippen molar-refractivity contribution >= 4 is 17.5 Å². The number of aromatic nitrogens is 1. The zero-order chi connectivity index (χ0) is 18.0. The van der Waals surface area contributed by atoms with E-state index in [1.807, 2.05) is 57.2 Å². The molecule has 2 aromatic rings. The van der Waals surface area contributed by atoms with Gasteiger partial charge in [0.1, 0.15) is 5.92 Å². The minimum Gasteiger partial charge on any atom is -0.350 e. The maximum atomic E-state index is 12.7. The molecule has 5 nitrogen and oxygen atoms in total. The Hall–Kier alpha value is -2.69. The third-order valence-corrected chi connectivity index (χ3v) is 4.71. The third-order valence-electron chi connectivity index (χ3n) is 4.71. The van der Waals surface area contributed by atoms with Crippen molar-refractivity contribution in [3.63, 3.8) is 0 Å². The summed E-state index contributed by atoms with van der Waals surface area (Å²) < 4.78 is 0. The number of amides is 2. The highest BCUT2D eigenvalue weighted by atomic mass is 16.2. The predicted molar refractivity (Wildman–Crippen MR) is 97.2 cm³/mol. The molecule has 130 valence electrons. The van der Waals surface area contributed by atoms with Gasteiger partial charge in [-0.25, -0.2) is 0 Å². The third kappa shape index (κ3) is 3.71. The lowest BCUT2D eigenvalue weighted by Crippen LogP contribution is -2.36. The summed E-state index contributed by atoms with van der Waals surface area (Å²) in [5, 5.41) is 2.84. The molecular weight excluding hydrogens is 314 g/mol. The zero-order valence-electron chi connectivity index (χ0n) is 14.9. The lowest BCUT2D eigenvalue weighted by molar-refractivity contribution is -0.132. The van der Waals surface area contributed by atoms with Crippen LogP contribution in [0.1, 0.15) is 28.9 Å². The first-order chi connectivity index (χ1) is 12.0. The number of anilines is 1. The fourth-order valence-electron chi connectivity index (χ4n) is 3.07. The van der Waals surface area contributed by atoms with Crippen molar-refractivity contribution in [2.24, 2.45) is 5.92 Å². The number of hydrogen-bond donors (Lipinski definition) is 1. The Morgan fingerprint density at radius 1 is 1.20 bits per heavy atom. The predicted octanol–water partition coefficient (Wildman–Crippen LogP) is 2.68. The Morgan fingerprint density at radius 3 is 2.72 bits per heavy atom. The lowest BCUT2D eigenvalue weighted by atomic mass is 10.1. The fourth-order valence-corrected chi connectivity index (χ4v) is 3.07. The van der Waals surface area contributed by atoms with Gasteiger partial charge in [-0.3, -0.25) is 14.6 Å². The normalized spacial score (nSPS) is 17.0. The second-order valence-corrected chi connectivity index (χ2v) is 6.59. The quantitative estimate of drug-likeness (QED) is 0.873. The van der Waals surface area contributed by atoms with E-state index in [4.69, 9.17) is 0 Å². The van der Waals surface area contributed by atoms with E-state index in [9.17, 15) is 9.59 Å². The van der Waals surface area contributed by atoms with Gasteiger partial charge in [-0.05, 0) is 62.6 Å². The van der Waals surface area contributed by atoms with Gasteiger partial charge in [0.25, 0.3) is 0 Å². The Kier molecular flexibility index (Phi) is 4.83. The highest BCUT2D eigenvalue weighted by Gasteiger charge is 2.37. The molecule has 0 bridgehead atoms. The zero-order valence-corrected chi connectivity index (χ0v) is 14.9. The smallest absolute Gasteiger partial charge is 0.239 e. The highest BCUT2D eigenvalue weighted by molar-refractivity contribution is 6.09. The maximum Gasteiger partial charge on any atom is 0.239 e. The Balaban J connectivity index is 1.64. The van der Waals surface area contributed by atoms with Crippen molar-refractivity contribution in [1.82, 2.24) is 10.3 Å². The number of hydrogen-bond acceptors (Lipinski definition) is 3. The second-order valence-electron chi connectivity index (χ2n) is 6.59. The summed E-state index contributed by atoms with van der Waals surface area (Å²) in [6, 6.07) is 11.6. The molecule has 1 aromatic carbocycles. The lowest BCUT2D eigenvalue weighted by Gasteiger charge is -2.18. The first kappa shape index (κ1) is 17.1. The summed E-state index contributed by atoms with van der Waals surface area (Å²) in [4.78, 5) is 31.2. The summed E-state index contributed by atoms with van der Waals surface area (Å²) in [7, 11) is 0. The molecule has 0 radical (unpaired) electrons. The standard InChI is InChI=1S/C20H23N3O2/c1-13-7-8-17(11-14(13)2)23-10-9-18(20(23)25)19(24)21-12-16-6-4-5-15(3)22-16/h4-8,11,18H,9-10,12H2,1-3H3,(H,21,24). The van der Waals surface area contributed by atoms with Crippen molar-refractivity contribution in [3.8, 4) is 0 Å². The molecule has 5 heteroatoms. The van der Waals surface area contributed by atoms with Crippen LogP contribution in [0.25, 0.3) is 0 Å². The molecule has 1 saturated heterocycles. The van der Waals surface area contributed by atoms with Crippen LogP contribution in [0, 0.1) is 26.7 Å². The number of aryl methyl sites for hydroxylation is 3. The van der Waals surface area contributed by atoms with Crippen molar-refractivity contribution in [2.45, 2.75) is 33.7 Å². The van der Waals surface area contributed by atoms with E-state index in [0.29, 0.717) is 19.5 Å². The Labute approximate surface area is 148 Å². The van der Waals surface area contributed by atoms with Crippen LogP contribution < -0.4 is 10.2 Å². The van der Waals surface area contributed by atoms with Crippen LogP contribution >= 0.6 is 0 Å². The summed E-state index contributed by atoms with van der Waals surface area (Å²) in [6.45, 7) is 6.89. The molecule has 0 saturated carbocycles. The van der Waals surface area contributed by atoms with Crippen molar-refractivity contribution < 1.29 is 9.59 Å². The van der Waals surface area contributed by atoms with Gasteiger partial charge in [0.05, 0.1) is 12.2 Å². The highest BCUT2D eigenvalue weighted by Crippen LogP contribution is 2.27. The van der Waals surface area contributed by atoms with Crippen LogP contribution in [0.4, 0.5) is 5.69 Å². The average molecular weight is 337 g/mol. The fraction of sp³-hybridized carbons (Fsp3) is 0.350. The second kappa shape index (κ2) is 7.05. The minimum absolute atomic E-state index is 0.127. The van der Waals surface area contributed by atoms with Gasteiger partial charge >= 0.3 is 0 Å². The largest absolute Gasteiger partial charge is 0.350 e. The summed E-state index contributed by atoms with van der Waals surface area (Å²) in [6.07, 6.45) is 0.541. The molecule has 1 aliphatic heterocycles.